The highest BCUT2D eigenvalue weighted by Crippen LogP contribution is 2.44. The standard InChI is InChI=1S/C57H67N5O2/c1-40-19-33-50-48(38-40)56(3,4)52(59-50)16-14-17-53-57(5,6)49-39-41(2)20-34-51(49)62(53)36-13-11-12-18-54(63)58-35-15-37-64-47-31-25-44(26-32-47)55(42-21-27-45(28-22-42)60(7)8)43-23-29-46(30-24-43)61(9)10/h14,16-17,19-34,38-39H,11-13,15,18,35-37H2,1-10H3/p+2. The van der Waals surface area contributed by atoms with Gasteiger partial charge in [0.05, 0.1) is 12.0 Å². The lowest BCUT2D eigenvalue weighted by Gasteiger charge is -2.20. The van der Waals surface area contributed by atoms with Crippen molar-refractivity contribution in [1.29, 1.82) is 0 Å². The number of hydrogen-bond donors (Lipinski definition) is 2. The Hall–Kier alpha value is -6.21. The fourth-order valence-electron chi connectivity index (χ4n) is 9.13. The minimum Gasteiger partial charge on any atom is -0.494 e. The average Bonchev–Trinajstić information content (AvgIpc) is 3.64. The predicted molar refractivity (Wildman–Crippen MR) is 269 cm³/mol. The lowest BCUT2D eigenvalue weighted by atomic mass is 9.80. The summed E-state index contributed by atoms with van der Waals surface area (Å²) in [6, 6.07) is 30.6. The number of aryl methyl sites for hydroxylation is 2. The molecule has 332 valence electrons. The molecule has 7 heteroatoms. The SMILES string of the molecule is Cc1ccc2c(c1)C(C)(C)C(/C=C/C=C1\Nc3ccc(C)cc3C1(C)C)=[N+]2CCCCCC(=O)NCCCOc1ccc(C(=C2C=CC(=[N+](C)C)C=C2)c2ccc(N(C)C)cc2)cc1. The van der Waals surface area contributed by atoms with Gasteiger partial charge in [0, 0.05) is 85.8 Å². The van der Waals surface area contributed by atoms with Crippen LogP contribution in [0.5, 0.6) is 5.75 Å². The number of anilines is 2. The monoisotopic (exact) mass is 856 g/mol. The minimum atomic E-state index is -0.122. The van der Waals surface area contributed by atoms with E-state index in [-0.39, 0.29) is 16.7 Å². The molecule has 4 aromatic rings. The normalized spacial score (nSPS) is 16.3. The van der Waals surface area contributed by atoms with Crippen molar-refractivity contribution >= 4 is 40.0 Å². The van der Waals surface area contributed by atoms with E-state index in [0.29, 0.717) is 19.6 Å². The largest absolute Gasteiger partial charge is 0.494 e. The van der Waals surface area contributed by atoms with E-state index in [2.05, 4.69) is 210 Å². The van der Waals surface area contributed by atoms with Crippen molar-refractivity contribution in [2.45, 2.75) is 84.5 Å². The lowest BCUT2D eigenvalue weighted by molar-refractivity contribution is -0.462. The molecule has 3 aliphatic rings. The number of carbonyl (C=O) groups excluding carboxylic acids is 1. The van der Waals surface area contributed by atoms with Gasteiger partial charge in [0.1, 0.15) is 26.4 Å². The van der Waals surface area contributed by atoms with Gasteiger partial charge < -0.3 is 20.3 Å². The first kappa shape index (κ1) is 45.8. The molecule has 0 aromatic heterocycles. The lowest BCUT2D eigenvalue weighted by Crippen LogP contribution is -2.28. The van der Waals surface area contributed by atoms with E-state index in [1.165, 1.54) is 62.0 Å². The minimum absolute atomic E-state index is 0.0833. The molecule has 0 unspecified atom stereocenters. The first-order valence-corrected chi connectivity index (χ1v) is 23.1. The molecular formula is C57H69N5O2+2. The quantitative estimate of drug-likeness (QED) is 0.0871. The molecule has 2 N–H and O–H groups in total. The second-order valence-corrected chi connectivity index (χ2v) is 19.1. The molecule has 0 atom stereocenters. The van der Waals surface area contributed by atoms with Crippen LogP contribution >= 0.6 is 0 Å². The number of allylic oxidation sites excluding steroid dienone is 9. The van der Waals surface area contributed by atoms with Gasteiger partial charge in [-0.05, 0) is 129 Å². The van der Waals surface area contributed by atoms with Gasteiger partial charge in [-0.25, -0.2) is 4.58 Å². The molecule has 0 spiro atoms. The number of hydrogen-bond acceptors (Lipinski definition) is 4. The molecule has 2 heterocycles. The highest BCUT2D eigenvalue weighted by molar-refractivity contribution is 6.04. The van der Waals surface area contributed by atoms with Crippen LogP contribution in [0.25, 0.3) is 5.57 Å². The van der Waals surface area contributed by atoms with Crippen molar-refractivity contribution < 1.29 is 18.7 Å². The van der Waals surface area contributed by atoms with Crippen LogP contribution in [-0.4, -0.2) is 74.4 Å². The summed E-state index contributed by atoms with van der Waals surface area (Å²) in [5.41, 5.74) is 17.1. The molecule has 64 heavy (non-hydrogen) atoms. The van der Waals surface area contributed by atoms with Gasteiger partial charge in [-0.15, -0.1) is 0 Å². The van der Waals surface area contributed by atoms with E-state index in [4.69, 9.17) is 4.74 Å². The number of amides is 1. The van der Waals surface area contributed by atoms with Crippen LogP contribution < -0.4 is 20.3 Å². The third-order valence-corrected chi connectivity index (χ3v) is 13.0. The molecule has 0 bridgehead atoms. The van der Waals surface area contributed by atoms with Crippen LogP contribution in [0.4, 0.5) is 17.1 Å². The smallest absolute Gasteiger partial charge is 0.219 e. The van der Waals surface area contributed by atoms with Gasteiger partial charge in [-0.1, -0.05) is 73.5 Å². The Balaban J connectivity index is 0.887. The van der Waals surface area contributed by atoms with Gasteiger partial charge in [0.15, 0.2) is 11.4 Å². The first-order valence-electron chi connectivity index (χ1n) is 23.1. The fraction of sp³-hybridized carbons (Fsp3) is 0.351. The molecule has 0 saturated carbocycles. The van der Waals surface area contributed by atoms with Gasteiger partial charge in [0.25, 0.3) is 0 Å². The number of benzene rings is 4. The van der Waals surface area contributed by atoms with Gasteiger partial charge in [-0.2, -0.15) is 4.58 Å². The highest BCUT2D eigenvalue weighted by atomic mass is 16.5. The second kappa shape index (κ2) is 19.7. The van der Waals surface area contributed by atoms with E-state index < -0.39 is 0 Å². The maximum atomic E-state index is 12.8. The summed E-state index contributed by atoms with van der Waals surface area (Å²) < 4.78 is 10.7. The first-order chi connectivity index (χ1) is 30.6. The molecule has 7 nitrogen and oxygen atoms in total. The number of carbonyl (C=O) groups is 1. The Morgan fingerprint density at radius 2 is 1.44 bits per heavy atom. The third-order valence-electron chi connectivity index (χ3n) is 13.0. The summed E-state index contributed by atoms with van der Waals surface area (Å²) >= 11 is 0. The van der Waals surface area contributed by atoms with Crippen LogP contribution in [0.1, 0.15) is 93.2 Å². The van der Waals surface area contributed by atoms with Crippen LogP contribution in [0, 0.1) is 13.8 Å². The average molecular weight is 856 g/mol. The van der Waals surface area contributed by atoms with Crippen molar-refractivity contribution in [3.8, 4) is 5.75 Å². The molecule has 1 aliphatic carbocycles. The van der Waals surface area contributed by atoms with Crippen molar-refractivity contribution in [2.75, 3.05) is 58.1 Å². The Morgan fingerprint density at radius 3 is 2.11 bits per heavy atom. The number of rotatable bonds is 16. The maximum Gasteiger partial charge on any atom is 0.219 e. The fourth-order valence-corrected chi connectivity index (χ4v) is 9.13. The molecule has 0 fully saturated rings. The Bertz CT molecular complexity index is 2570. The van der Waals surface area contributed by atoms with E-state index >= 15 is 0 Å². The Morgan fingerprint density at radius 1 is 0.781 bits per heavy atom. The number of unbranched alkanes of at least 4 members (excludes halogenated alkanes) is 2. The molecule has 0 saturated heterocycles. The topological polar surface area (TPSA) is 59.6 Å². The zero-order valence-electron chi connectivity index (χ0n) is 39.9. The van der Waals surface area contributed by atoms with E-state index in [9.17, 15) is 4.79 Å². The van der Waals surface area contributed by atoms with Crippen LogP contribution in [0.15, 0.2) is 139 Å². The highest BCUT2D eigenvalue weighted by Gasteiger charge is 2.44. The zero-order chi connectivity index (χ0) is 45.6. The van der Waals surface area contributed by atoms with Crippen molar-refractivity contribution in [2.24, 2.45) is 0 Å². The maximum absolute atomic E-state index is 12.8. The van der Waals surface area contributed by atoms with E-state index in [0.717, 1.165) is 54.7 Å². The van der Waals surface area contributed by atoms with Gasteiger partial charge in [-0.3, -0.25) is 4.79 Å². The van der Waals surface area contributed by atoms with Crippen LogP contribution in [-0.2, 0) is 15.6 Å². The molecular weight excluding hydrogens is 787 g/mol. The number of fused-ring (bicyclic) bond motifs is 2. The predicted octanol–water partition coefficient (Wildman–Crippen LogP) is 11.4. The summed E-state index contributed by atoms with van der Waals surface area (Å²) in [6.45, 7) is 15.7. The molecule has 2 aliphatic heterocycles. The van der Waals surface area contributed by atoms with E-state index in [1.54, 1.807) is 0 Å². The van der Waals surface area contributed by atoms with Gasteiger partial charge in [0.2, 0.25) is 11.6 Å². The Labute approximate surface area is 383 Å². The number of ether oxygens (including phenoxy) is 1. The summed E-state index contributed by atoms with van der Waals surface area (Å²) in [7, 11) is 8.25. The van der Waals surface area contributed by atoms with E-state index in [1.807, 2.05) is 12.1 Å². The number of nitrogens with one attached hydrogen (secondary N) is 2. The summed E-state index contributed by atoms with van der Waals surface area (Å²) in [4.78, 5) is 15.0. The third kappa shape index (κ3) is 10.3. The van der Waals surface area contributed by atoms with Crippen LogP contribution in [0.2, 0.25) is 0 Å². The summed E-state index contributed by atoms with van der Waals surface area (Å²) in [6.07, 6.45) is 19.7. The second-order valence-electron chi connectivity index (χ2n) is 19.1. The van der Waals surface area contributed by atoms with Crippen molar-refractivity contribution in [3.63, 3.8) is 0 Å². The van der Waals surface area contributed by atoms with Crippen molar-refractivity contribution in [3.05, 3.63) is 172 Å². The Kier molecular flexibility index (Phi) is 14.1. The molecule has 7 rings (SSSR count). The summed E-state index contributed by atoms with van der Waals surface area (Å²) in [5.74, 6) is 0.931. The van der Waals surface area contributed by atoms with Crippen molar-refractivity contribution in [1.82, 2.24) is 5.32 Å². The molecule has 4 aromatic carbocycles. The van der Waals surface area contributed by atoms with Crippen LogP contribution in [0.3, 0.4) is 0 Å². The number of nitrogens with zero attached hydrogens (tertiary/aromatic N) is 3. The molecule has 1 amide bonds. The van der Waals surface area contributed by atoms with Gasteiger partial charge >= 0.3 is 0 Å². The zero-order valence-corrected chi connectivity index (χ0v) is 39.9. The summed E-state index contributed by atoms with van der Waals surface area (Å²) in [5, 5.41) is 6.80. The molecule has 0 radical (unpaired) electrons.